The number of halogens is 2. The summed E-state index contributed by atoms with van der Waals surface area (Å²) in [6, 6.07) is 4.73. The van der Waals surface area contributed by atoms with Crippen molar-refractivity contribution in [2.75, 3.05) is 6.54 Å². The van der Waals surface area contributed by atoms with Crippen molar-refractivity contribution in [2.45, 2.75) is 43.9 Å². The van der Waals surface area contributed by atoms with Gasteiger partial charge in [0, 0.05) is 17.0 Å². The van der Waals surface area contributed by atoms with Gasteiger partial charge >= 0.3 is 0 Å². The zero-order chi connectivity index (χ0) is 12.8. The molecule has 1 aromatic rings. The van der Waals surface area contributed by atoms with E-state index in [1.807, 2.05) is 6.07 Å². The van der Waals surface area contributed by atoms with Gasteiger partial charge in [-0.05, 0) is 48.8 Å². The van der Waals surface area contributed by atoms with E-state index >= 15 is 0 Å². The van der Waals surface area contributed by atoms with Crippen LogP contribution in [0.15, 0.2) is 18.2 Å². The maximum atomic E-state index is 13.1. The molecular formula is C15H19ClFN. The largest absolute Gasteiger partial charge is 0.330 e. The average Bonchev–Trinajstić information content (AvgIpc) is 2.76. The quantitative estimate of drug-likeness (QED) is 0.860. The first-order chi connectivity index (χ1) is 8.59. The lowest BCUT2D eigenvalue weighted by atomic mass is 9.49. The highest BCUT2D eigenvalue weighted by atomic mass is 35.5. The molecule has 0 heterocycles. The highest BCUT2D eigenvalue weighted by Gasteiger charge is 2.55. The fraction of sp³-hybridized carbons (Fsp3) is 0.600. The SMILES string of the molecule is NCC1(c2ccc(F)cc2Cl)CC2(CCCC2)C1. The molecule has 0 unspecified atom stereocenters. The van der Waals surface area contributed by atoms with Crippen LogP contribution in [0.3, 0.4) is 0 Å². The van der Waals surface area contributed by atoms with Crippen LogP contribution in [0, 0.1) is 11.2 Å². The topological polar surface area (TPSA) is 26.0 Å². The molecule has 0 amide bonds. The molecular weight excluding hydrogens is 249 g/mol. The Labute approximate surface area is 113 Å². The van der Waals surface area contributed by atoms with E-state index in [0.29, 0.717) is 17.0 Å². The zero-order valence-electron chi connectivity index (χ0n) is 10.5. The summed E-state index contributed by atoms with van der Waals surface area (Å²) in [7, 11) is 0. The van der Waals surface area contributed by atoms with E-state index in [9.17, 15) is 4.39 Å². The molecule has 0 bridgehead atoms. The Morgan fingerprint density at radius 3 is 2.44 bits per heavy atom. The third-order valence-corrected chi connectivity index (χ3v) is 5.30. The van der Waals surface area contributed by atoms with Gasteiger partial charge in [0.1, 0.15) is 5.82 Å². The summed E-state index contributed by atoms with van der Waals surface area (Å²) in [4.78, 5) is 0. The van der Waals surface area contributed by atoms with E-state index < -0.39 is 0 Å². The van der Waals surface area contributed by atoms with Crippen LogP contribution >= 0.6 is 11.6 Å². The van der Waals surface area contributed by atoms with E-state index in [1.165, 1.54) is 37.8 Å². The van der Waals surface area contributed by atoms with Crippen LogP contribution in [-0.4, -0.2) is 6.54 Å². The van der Waals surface area contributed by atoms with Crippen molar-refractivity contribution in [3.05, 3.63) is 34.6 Å². The van der Waals surface area contributed by atoms with Gasteiger partial charge in [-0.25, -0.2) is 4.39 Å². The number of nitrogens with two attached hydrogens (primary N) is 1. The Bertz CT molecular complexity index is 458. The molecule has 18 heavy (non-hydrogen) atoms. The normalized spacial score (nSPS) is 24.2. The summed E-state index contributed by atoms with van der Waals surface area (Å²) in [5.41, 5.74) is 7.56. The van der Waals surface area contributed by atoms with Gasteiger partial charge in [-0.15, -0.1) is 0 Å². The summed E-state index contributed by atoms with van der Waals surface area (Å²) >= 11 is 6.20. The molecule has 1 aromatic carbocycles. The molecule has 0 radical (unpaired) electrons. The van der Waals surface area contributed by atoms with Crippen LogP contribution in [0.2, 0.25) is 5.02 Å². The van der Waals surface area contributed by atoms with Gasteiger partial charge in [-0.2, -0.15) is 0 Å². The molecule has 0 aliphatic heterocycles. The fourth-order valence-corrected chi connectivity index (χ4v) is 4.59. The van der Waals surface area contributed by atoms with Gasteiger partial charge in [0.25, 0.3) is 0 Å². The Morgan fingerprint density at radius 1 is 1.22 bits per heavy atom. The first-order valence-electron chi connectivity index (χ1n) is 6.75. The van der Waals surface area contributed by atoms with E-state index in [1.54, 1.807) is 0 Å². The Kier molecular flexibility index (Phi) is 2.91. The molecule has 2 saturated carbocycles. The van der Waals surface area contributed by atoms with Crippen molar-refractivity contribution >= 4 is 11.6 Å². The van der Waals surface area contributed by atoms with Crippen LogP contribution in [0.5, 0.6) is 0 Å². The Balaban J connectivity index is 1.89. The van der Waals surface area contributed by atoms with Gasteiger partial charge in [0.05, 0.1) is 0 Å². The summed E-state index contributed by atoms with van der Waals surface area (Å²) in [5.74, 6) is -0.272. The van der Waals surface area contributed by atoms with Crippen molar-refractivity contribution in [1.82, 2.24) is 0 Å². The van der Waals surface area contributed by atoms with E-state index in [4.69, 9.17) is 17.3 Å². The maximum absolute atomic E-state index is 13.1. The minimum atomic E-state index is -0.272. The van der Waals surface area contributed by atoms with Crippen LogP contribution in [0.25, 0.3) is 0 Å². The summed E-state index contributed by atoms with van der Waals surface area (Å²) in [6.07, 6.45) is 7.60. The molecule has 2 aliphatic rings. The van der Waals surface area contributed by atoms with E-state index in [2.05, 4.69) is 0 Å². The van der Waals surface area contributed by atoms with Crippen molar-refractivity contribution in [3.63, 3.8) is 0 Å². The fourth-order valence-electron chi connectivity index (χ4n) is 4.23. The van der Waals surface area contributed by atoms with Crippen LogP contribution < -0.4 is 5.73 Å². The molecule has 3 rings (SSSR count). The molecule has 2 N–H and O–H groups in total. The smallest absolute Gasteiger partial charge is 0.124 e. The van der Waals surface area contributed by atoms with Crippen LogP contribution in [0.1, 0.15) is 44.1 Å². The monoisotopic (exact) mass is 267 g/mol. The predicted molar refractivity (Wildman–Crippen MR) is 72.3 cm³/mol. The van der Waals surface area contributed by atoms with E-state index in [0.717, 1.165) is 18.4 Å². The van der Waals surface area contributed by atoms with Gasteiger partial charge in [0.2, 0.25) is 0 Å². The predicted octanol–water partition coefficient (Wildman–Crippen LogP) is 4.03. The summed E-state index contributed by atoms with van der Waals surface area (Å²) in [5, 5.41) is 0.535. The molecule has 0 aromatic heterocycles. The number of rotatable bonds is 2. The van der Waals surface area contributed by atoms with Gasteiger partial charge in [0.15, 0.2) is 0 Å². The van der Waals surface area contributed by atoms with Gasteiger partial charge < -0.3 is 5.73 Å². The lowest BCUT2D eigenvalue weighted by molar-refractivity contribution is 0.0329. The lowest BCUT2D eigenvalue weighted by Gasteiger charge is -2.55. The second-order valence-electron chi connectivity index (χ2n) is 6.17. The molecule has 2 aliphatic carbocycles. The second kappa shape index (κ2) is 4.21. The van der Waals surface area contributed by atoms with Gasteiger partial charge in [-0.3, -0.25) is 0 Å². The first-order valence-corrected chi connectivity index (χ1v) is 7.13. The van der Waals surface area contributed by atoms with Crippen molar-refractivity contribution < 1.29 is 4.39 Å². The Morgan fingerprint density at radius 2 is 1.89 bits per heavy atom. The molecule has 1 nitrogen and oxygen atoms in total. The molecule has 0 saturated heterocycles. The van der Waals surface area contributed by atoms with Crippen molar-refractivity contribution in [2.24, 2.45) is 11.1 Å². The Hall–Kier alpha value is -0.600. The van der Waals surface area contributed by atoms with Gasteiger partial charge in [-0.1, -0.05) is 30.5 Å². The number of hydrogen-bond donors (Lipinski definition) is 1. The number of hydrogen-bond acceptors (Lipinski definition) is 1. The minimum Gasteiger partial charge on any atom is -0.330 e. The lowest BCUT2D eigenvalue weighted by Crippen LogP contribution is -2.52. The highest BCUT2D eigenvalue weighted by Crippen LogP contribution is 2.63. The molecule has 2 fully saturated rings. The number of benzene rings is 1. The van der Waals surface area contributed by atoms with E-state index in [-0.39, 0.29) is 11.2 Å². The molecule has 1 spiro atoms. The molecule has 3 heteroatoms. The standard InChI is InChI=1S/C15H19ClFN/c16-13-7-11(17)3-4-12(13)15(10-18)8-14(9-15)5-1-2-6-14/h3-4,7H,1-2,5-6,8-10,18H2. The highest BCUT2D eigenvalue weighted by molar-refractivity contribution is 6.31. The van der Waals surface area contributed by atoms with Crippen molar-refractivity contribution in [1.29, 1.82) is 0 Å². The molecule has 0 atom stereocenters. The summed E-state index contributed by atoms with van der Waals surface area (Å²) < 4.78 is 13.1. The van der Waals surface area contributed by atoms with Crippen molar-refractivity contribution in [3.8, 4) is 0 Å². The first kappa shape index (κ1) is 12.4. The summed E-state index contributed by atoms with van der Waals surface area (Å²) in [6.45, 7) is 0.611. The minimum absolute atomic E-state index is 0.00484. The third kappa shape index (κ3) is 1.78. The molecule has 98 valence electrons. The third-order valence-electron chi connectivity index (χ3n) is 4.98. The zero-order valence-corrected chi connectivity index (χ0v) is 11.3. The van der Waals surface area contributed by atoms with Crippen LogP contribution in [0.4, 0.5) is 4.39 Å². The second-order valence-corrected chi connectivity index (χ2v) is 6.58. The van der Waals surface area contributed by atoms with Crippen LogP contribution in [-0.2, 0) is 5.41 Å². The maximum Gasteiger partial charge on any atom is 0.124 e. The average molecular weight is 268 g/mol.